The van der Waals surface area contributed by atoms with Crippen molar-refractivity contribution in [3.63, 3.8) is 0 Å². The average molecular weight is 432 g/mol. The molecular formula is C20H26ClN7O2. The van der Waals surface area contributed by atoms with Gasteiger partial charge in [0.2, 0.25) is 17.2 Å². The number of aromatic nitrogens is 4. The van der Waals surface area contributed by atoms with Crippen molar-refractivity contribution in [3.05, 3.63) is 39.5 Å². The summed E-state index contributed by atoms with van der Waals surface area (Å²) >= 11 is 6.25. The molecule has 0 spiro atoms. The first-order valence-corrected chi connectivity index (χ1v) is 11.0. The van der Waals surface area contributed by atoms with Crippen LogP contribution in [0.25, 0.3) is 0 Å². The van der Waals surface area contributed by atoms with Crippen molar-refractivity contribution in [3.8, 4) is 0 Å². The summed E-state index contributed by atoms with van der Waals surface area (Å²) in [6.07, 6.45) is 3.01. The summed E-state index contributed by atoms with van der Waals surface area (Å²) in [4.78, 5) is 30.4. The van der Waals surface area contributed by atoms with Crippen LogP contribution in [-0.4, -0.2) is 70.4 Å². The van der Waals surface area contributed by atoms with Gasteiger partial charge < -0.3 is 19.5 Å². The summed E-state index contributed by atoms with van der Waals surface area (Å²) in [6, 6.07) is 5.72. The summed E-state index contributed by atoms with van der Waals surface area (Å²) in [6.45, 7) is 5.78. The van der Waals surface area contributed by atoms with Crippen molar-refractivity contribution in [1.29, 1.82) is 0 Å². The molecule has 30 heavy (non-hydrogen) atoms. The van der Waals surface area contributed by atoms with Crippen LogP contribution in [0.15, 0.2) is 23.0 Å². The lowest BCUT2D eigenvalue weighted by molar-refractivity contribution is 0.0398. The second kappa shape index (κ2) is 8.49. The number of nitrogens with zero attached hydrogens (tertiary/aromatic N) is 6. The molecule has 0 aliphatic carbocycles. The Morgan fingerprint density at radius 3 is 2.90 bits per heavy atom. The molecule has 2 saturated heterocycles. The summed E-state index contributed by atoms with van der Waals surface area (Å²) in [5, 5.41) is 3.47. The summed E-state index contributed by atoms with van der Waals surface area (Å²) < 4.78 is 7.35. The summed E-state index contributed by atoms with van der Waals surface area (Å²) in [5.74, 6) is 1.06. The minimum Gasteiger partial charge on any atom is -0.379 e. The molecular weight excluding hydrogens is 406 g/mol. The van der Waals surface area contributed by atoms with Crippen molar-refractivity contribution in [1.82, 2.24) is 24.4 Å². The van der Waals surface area contributed by atoms with Gasteiger partial charge in [-0.25, -0.2) is 0 Å². The summed E-state index contributed by atoms with van der Waals surface area (Å²) in [7, 11) is 0. The Morgan fingerprint density at radius 2 is 2.03 bits per heavy atom. The zero-order valence-electron chi connectivity index (χ0n) is 16.8. The number of hydrogen-bond donors (Lipinski definition) is 1. The third kappa shape index (κ3) is 3.89. The molecule has 10 heteroatoms. The van der Waals surface area contributed by atoms with Crippen molar-refractivity contribution >= 4 is 23.5 Å². The van der Waals surface area contributed by atoms with Gasteiger partial charge >= 0.3 is 0 Å². The normalized spacial score (nSPS) is 23.8. The fourth-order valence-corrected chi connectivity index (χ4v) is 4.92. The number of ether oxygens (including phenoxy) is 1. The van der Waals surface area contributed by atoms with E-state index in [9.17, 15) is 4.79 Å². The van der Waals surface area contributed by atoms with Gasteiger partial charge in [0.05, 0.1) is 25.3 Å². The van der Waals surface area contributed by atoms with Crippen LogP contribution in [0, 0.1) is 0 Å². The van der Waals surface area contributed by atoms with Crippen molar-refractivity contribution < 1.29 is 4.74 Å². The zero-order chi connectivity index (χ0) is 20.5. The molecule has 0 radical (unpaired) electrons. The first-order valence-electron chi connectivity index (χ1n) is 10.6. The predicted octanol–water partition coefficient (Wildman–Crippen LogP) is 1.72. The molecule has 0 amide bonds. The maximum atomic E-state index is 12.5. The largest absolute Gasteiger partial charge is 0.379 e. The van der Waals surface area contributed by atoms with Crippen molar-refractivity contribution in [2.24, 2.45) is 0 Å². The Hall–Kier alpha value is -2.23. The first-order chi connectivity index (χ1) is 14.7. The van der Waals surface area contributed by atoms with Crippen LogP contribution in [-0.2, 0) is 4.74 Å². The smallest absolute Gasteiger partial charge is 0.251 e. The van der Waals surface area contributed by atoms with E-state index in [1.807, 2.05) is 16.7 Å². The van der Waals surface area contributed by atoms with Gasteiger partial charge in [-0.2, -0.15) is 15.0 Å². The van der Waals surface area contributed by atoms with Gasteiger partial charge in [-0.15, -0.1) is 0 Å². The molecule has 4 aliphatic rings. The second-order valence-electron chi connectivity index (χ2n) is 8.02. The van der Waals surface area contributed by atoms with Gasteiger partial charge in [-0.3, -0.25) is 9.69 Å². The maximum absolute atomic E-state index is 12.5. The molecule has 6 heterocycles. The van der Waals surface area contributed by atoms with Crippen LogP contribution in [0.2, 0.25) is 5.28 Å². The molecule has 2 aromatic rings. The fraction of sp³-hybridized carbons (Fsp3) is 0.600. The number of anilines is 2. The third-order valence-corrected chi connectivity index (χ3v) is 6.36. The highest BCUT2D eigenvalue weighted by atomic mass is 35.5. The first kappa shape index (κ1) is 19.7. The lowest BCUT2D eigenvalue weighted by atomic mass is 10.1. The number of fused-ring (bicyclic) bond motifs is 3. The molecule has 6 rings (SSSR count). The molecule has 0 saturated carbocycles. The van der Waals surface area contributed by atoms with E-state index in [1.54, 1.807) is 6.07 Å². The average Bonchev–Trinajstić information content (AvgIpc) is 3.07. The van der Waals surface area contributed by atoms with Gasteiger partial charge in [0, 0.05) is 44.5 Å². The fourth-order valence-electron chi connectivity index (χ4n) is 4.76. The molecule has 0 aromatic carbocycles. The predicted molar refractivity (Wildman–Crippen MR) is 114 cm³/mol. The quantitative estimate of drug-likeness (QED) is 0.765. The number of hydrogen-bond acceptors (Lipinski definition) is 8. The van der Waals surface area contributed by atoms with Crippen LogP contribution in [0.3, 0.4) is 0 Å². The topological polar surface area (TPSA) is 88.4 Å². The Morgan fingerprint density at radius 1 is 1.17 bits per heavy atom. The molecule has 2 aromatic heterocycles. The van der Waals surface area contributed by atoms with Crippen LogP contribution in [0.4, 0.5) is 11.9 Å². The van der Waals surface area contributed by atoms with Gasteiger partial charge in [0.25, 0.3) is 5.56 Å². The molecule has 160 valence electrons. The monoisotopic (exact) mass is 431 g/mol. The standard InChI is InChI=1S/C20H26ClN7O2/c21-18-23-19(22-7-8-26-9-11-30-12-10-26)25-20(24-18)27-13-14-3-1-4-15(27)16-5-2-6-17(29)28(14)16/h2,5-6,14-15H,1,3-4,7-13H2,(H,22,23,24,25). The molecule has 2 unspecified atom stereocenters. The Bertz CT molecular complexity index is 962. The number of morpholine rings is 1. The van der Waals surface area contributed by atoms with Gasteiger partial charge in [0.1, 0.15) is 0 Å². The van der Waals surface area contributed by atoms with Gasteiger partial charge in [-0.1, -0.05) is 6.07 Å². The highest BCUT2D eigenvalue weighted by molar-refractivity contribution is 6.28. The second-order valence-corrected chi connectivity index (χ2v) is 8.36. The highest BCUT2D eigenvalue weighted by Crippen LogP contribution is 2.40. The van der Waals surface area contributed by atoms with Crippen LogP contribution < -0.4 is 15.8 Å². The molecule has 2 fully saturated rings. The van der Waals surface area contributed by atoms with E-state index >= 15 is 0 Å². The lowest BCUT2D eigenvalue weighted by Crippen LogP contribution is -2.44. The minimum atomic E-state index is 0.0670. The van der Waals surface area contributed by atoms with Crippen LogP contribution in [0.5, 0.6) is 0 Å². The Kier molecular flexibility index (Phi) is 5.58. The molecule has 9 nitrogen and oxygen atoms in total. The zero-order valence-corrected chi connectivity index (χ0v) is 17.6. The molecule has 4 aliphatic heterocycles. The van der Waals surface area contributed by atoms with Crippen molar-refractivity contribution in [2.75, 3.05) is 56.2 Å². The summed E-state index contributed by atoms with van der Waals surface area (Å²) in [5.41, 5.74) is 1.11. The van der Waals surface area contributed by atoms with Gasteiger partial charge in [-0.05, 0) is 36.9 Å². The molecule has 2 atom stereocenters. The Balaban J connectivity index is 1.36. The number of halogens is 1. The highest BCUT2D eigenvalue weighted by Gasteiger charge is 2.37. The van der Waals surface area contributed by atoms with E-state index in [4.69, 9.17) is 16.3 Å². The van der Waals surface area contributed by atoms with Crippen LogP contribution >= 0.6 is 11.6 Å². The number of nitrogens with one attached hydrogen (secondary N) is 1. The van der Waals surface area contributed by atoms with Crippen molar-refractivity contribution in [2.45, 2.75) is 31.3 Å². The molecule has 2 bridgehead atoms. The maximum Gasteiger partial charge on any atom is 0.251 e. The lowest BCUT2D eigenvalue weighted by Gasteiger charge is -2.39. The van der Waals surface area contributed by atoms with E-state index in [0.717, 1.165) is 64.3 Å². The minimum absolute atomic E-state index is 0.0670. The van der Waals surface area contributed by atoms with E-state index in [0.29, 0.717) is 18.4 Å². The Labute approximate surface area is 180 Å². The van der Waals surface area contributed by atoms with E-state index in [-0.39, 0.29) is 22.9 Å². The number of pyridine rings is 1. The number of rotatable bonds is 5. The van der Waals surface area contributed by atoms with E-state index in [2.05, 4.69) is 30.1 Å². The molecule has 1 N–H and O–H groups in total. The SMILES string of the molecule is O=c1cccc2n1C1CCCC2N(c2nc(Cl)nc(NCCN3CCOCC3)n2)C1. The van der Waals surface area contributed by atoms with E-state index in [1.165, 1.54) is 0 Å². The van der Waals surface area contributed by atoms with Gasteiger partial charge in [0.15, 0.2) is 0 Å². The third-order valence-electron chi connectivity index (χ3n) is 6.19. The van der Waals surface area contributed by atoms with Crippen LogP contribution in [0.1, 0.15) is 37.0 Å². The van der Waals surface area contributed by atoms with E-state index < -0.39 is 0 Å².